The van der Waals surface area contributed by atoms with Gasteiger partial charge in [-0.05, 0) is 54.1 Å². The normalized spacial score (nSPS) is 13.4. The molecule has 0 saturated carbocycles. The Hall–Kier alpha value is -1.64. The van der Waals surface area contributed by atoms with E-state index in [1.54, 1.807) is 0 Å². The predicted molar refractivity (Wildman–Crippen MR) is 107 cm³/mol. The van der Waals surface area contributed by atoms with Gasteiger partial charge in [0.05, 0.1) is 5.41 Å². The van der Waals surface area contributed by atoms with Crippen LogP contribution in [0, 0.1) is 10.8 Å². The summed E-state index contributed by atoms with van der Waals surface area (Å²) < 4.78 is 4.63. The topological polar surface area (TPSA) is 43.4 Å². The van der Waals surface area contributed by atoms with Crippen LogP contribution in [0.5, 0.6) is 0 Å². The maximum absolute atomic E-state index is 12.2. The molecule has 0 heterocycles. The Balaban J connectivity index is 3.30. The minimum atomic E-state index is -0.744. The van der Waals surface area contributed by atoms with Gasteiger partial charge in [-0.1, -0.05) is 72.7 Å². The second kappa shape index (κ2) is 7.54. The van der Waals surface area contributed by atoms with Crippen LogP contribution in [0.3, 0.4) is 0 Å². The first-order chi connectivity index (χ1) is 11.6. The highest BCUT2D eigenvalue weighted by atomic mass is 16.6. The van der Waals surface area contributed by atoms with Crippen LogP contribution in [0.1, 0.15) is 86.3 Å². The van der Waals surface area contributed by atoms with Gasteiger partial charge < -0.3 is 4.74 Å². The molecule has 0 amide bonds. The number of rotatable bonds is 7. The summed E-state index contributed by atoms with van der Waals surface area (Å²) >= 11 is 0. The number of hydrogen-bond donors (Lipinski definition) is 0. The van der Waals surface area contributed by atoms with Gasteiger partial charge in [-0.3, -0.25) is 9.59 Å². The van der Waals surface area contributed by atoms with Gasteiger partial charge in [0.15, 0.2) is 0 Å². The van der Waals surface area contributed by atoms with Gasteiger partial charge >= 0.3 is 12.4 Å². The standard InChI is InChI=1S/C23H36O3/c1-20(2,3)14-21(4,5)17-12-10-11-13-18(17)22(6,7)15-23(8,9)19(25)26-16-24/h10-13,16H,14-15H2,1-9H3. The number of hydrogen-bond acceptors (Lipinski definition) is 3. The smallest absolute Gasteiger partial charge is 0.319 e. The Kier molecular flexibility index (Phi) is 6.50. The number of carbonyl (C=O) groups is 2. The van der Waals surface area contributed by atoms with Gasteiger partial charge in [-0.15, -0.1) is 0 Å². The third-order valence-corrected chi connectivity index (χ3v) is 4.95. The van der Waals surface area contributed by atoms with Crippen molar-refractivity contribution in [2.75, 3.05) is 0 Å². The number of esters is 1. The highest BCUT2D eigenvalue weighted by Crippen LogP contribution is 2.44. The molecule has 1 aromatic rings. The molecule has 0 N–H and O–H groups in total. The number of benzene rings is 1. The summed E-state index contributed by atoms with van der Waals surface area (Å²) in [6.45, 7) is 19.6. The van der Waals surface area contributed by atoms with Gasteiger partial charge in [-0.25, -0.2) is 0 Å². The molecule has 146 valence electrons. The summed E-state index contributed by atoms with van der Waals surface area (Å²) in [6, 6.07) is 8.52. The second-order valence-electron chi connectivity index (χ2n) is 10.6. The van der Waals surface area contributed by atoms with Crippen LogP contribution in [-0.4, -0.2) is 12.4 Å². The molecule has 26 heavy (non-hydrogen) atoms. The number of ether oxygens (including phenoxy) is 1. The zero-order chi connectivity index (χ0) is 20.4. The molecule has 0 aliphatic rings. The maximum atomic E-state index is 12.2. The van der Waals surface area contributed by atoms with Crippen LogP contribution in [0.4, 0.5) is 0 Å². The molecular formula is C23H36O3. The lowest BCUT2D eigenvalue weighted by Crippen LogP contribution is -2.36. The van der Waals surface area contributed by atoms with Crippen molar-refractivity contribution >= 4 is 12.4 Å². The molecule has 0 radical (unpaired) electrons. The Bertz CT molecular complexity index is 646. The van der Waals surface area contributed by atoms with Gasteiger partial charge in [0.25, 0.3) is 0 Å². The van der Waals surface area contributed by atoms with Crippen molar-refractivity contribution < 1.29 is 14.3 Å². The first-order valence-corrected chi connectivity index (χ1v) is 9.37. The molecule has 1 rings (SSSR count). The van der Waals surface area contributed by atoms with E-state index in [1.807, 2.05) is 13.8 Å². The summed E-state index contributed by atoms with van der Waals surface area (Å²) in [5.74, 6) is -0.480. The molecule has 3 nitrogen and oxygen atoms in total. The molecule has 3 heteroatoms. The van der Waals surface area contributed by atoms with Crippen molar-refractivity contribution in [1.29, 1.82) is 0 Å². The van der Waals surface area contributed by atoms with E-state index in [1.165, 1.54) is 11.1 Å². The quantitative estimate of drug-likeness (QED) is 0.351. The van der Waals surface area contributed by atoms with Gasteiger partial charge in [0, 0.05) is 0 Å². The minimum absolute atomic E-state index is 0.0135. The summed E-state index contributed by atoms with van der Waals surface area (Å²) in [4.78, 5) is 22.8. The van der Waals surface area contributed by atoms with Gasteiger partial charge in [0.2, 0.25) is 0 Å². The van der Waals surface area contributed by atoms with E-state index in [4.69, 9.17) is 0 Å². The molecule has 0 atom stereocenters. The highest BCUT2D eigenvalue weighted by molar-refractivity contribution is 5.81. The Labute approximate surface area is 159 Å². The fraction of sp³-hybridized carbons (Fsp3) is 0.652. The number of carbonyl (C=O) groups excluding carboxylic acids is 2. The van der Waals surface area contributed by atoms with E-state index in [0.717, 1.165) is 6.42 Å². The molecule has 0 aromatic heterocycles. The van der Waals surface area contributed by atoms with Gasteiger partial charge in [-0.2, -0.15) is 0 Å². The monoisotopic (exact) mass is 360 g/mol. The SMILES string of the molecule is CC(C)(C)CC(C)(C)c1ccccc1C(C)(C)CC(C)(C)C(=O)OC=O. The average molecular weight is 361 g/mol. The third kappa shape index (κ3) is 5.69. The first-order valence-electron chi connectivity index (χ1n) is 9.37. The lowest BCUT2D eigenvalue weighted by atomic mass is 9.64. The molecule has 1 aromatic carbocycles. The summed E-state index contributed by atoms with van der Waals surface area (Å²) in [6.07, 6.45) is 1.65. The van der Waals surface area contributed by atoms with Crippen LogP contribution in [-0.2, 0) is 25.2 Å². The third-order valence-electron chi connectivity index (χ3n) is 4.95. The summed E-state index contributed by atoms with van der Waals surface area (Å²) in [5.41, 5.74) is 1.82. The Morgan fingerprint density at radius 2 is 1.27 bits per heavy atom. The minimum Gasteiger partial charge on any atom is -0.395 e. The molecule has 0 spiro atoms. The van der Waals surface area contributed by atoms with Crippen molar-refractivity contribution in [3.05, 3.63) is 35.4 Å². The molecule has 0 aliphatic carbocycles. The van der Waals surface area contributed by atoms with E-state index < -0.39 is 11.4 Å². The summed E-state index contributed by atoms with van der Waals surface area (Å²) in [7, 11) is 0. The summed E-state index contributed by atoms with van der Waals surface area (Å²) in [5, 5.41) is 0. The van der Waals surface area contributed by atoms with E-state index in [2.05, 4.69) is 77.5 Å². The van der Waals surface area contributed by atoms with Crippen LogP contribution in [0.2, 0.25) is 0 Å². The van der Waals surface area contributed by atoms with Crippen molar-refractivity contribution in [2.45, 2.75) is 86.0 Å². The van der Waals surface area contributed by atoms with Crippen LogP contribution >= 0.6 is 0 Å². The zero-order valence-electron chi connectivity index (χ0n) is 18.0. The van der Waals surface area contributed by atoms with E-state index in [-0.39, 0.29) is 22.7 Å². The largest absolute Gasteiger partial charge is 0.395 e. The molecule has 0 saturated heterocycles. The maximum Gasteiger partial charge on any atom is 0.319 e. The van der Waals surface area contributed by atoms with E-state index >= 15 is 0 Å². The first kappa shape index (κ1) is 22.4. The molecule has 0 fully saturated rings. The van der Waals surface area contributed by atoms with Crippen LogP contribution < -0.4 is 0 Å². The lowest BCUT2D eigenvalue weighted by Gasteiger charge is -2.40. The Morgan fingerprint density at radius 3 is 1.65 bits per heavy atom. The lowest BCUT2D eigenvalue weighted by molar-refractivity contribution is -0.160. The molecule has 0 aliphatic heterocycles. The van der Waals surface area contributed by atoms with Crippen LogP contribution in [0.15, 0.2) is 24.3 Å². The van der Waals surface area contributed by atoms with Gasteiger partial charge in [0.1, 0.15) is 0 Å². The molecular weight excluding hydrogens is 324 g/mol. The van der Waals surface area contributed by atoms with Crippen molar-refractivity contribution in [3.63, 3.8) is 0 Å². The molecule has 0 bridgehead atoms. The average Bonchev–Trinajstić information content (AvgIpc) is 2.44. The fourth-order valence-corrected chi connectivity index (χ4v) is 4.56. The zero-order valence-corrected chi connectivity index (χ0v) is 18.0. The van der Waals surface area contributed by atoms with Crippen molar-refractivity contribution in [3.8, 4) is 0 Å². The van der Waals surface area contributed by atoms with Crippen molar-refractivity contribution in [1.82, 2.24) is 0 Å². The predicted octanol–water partition coefficient (Wildman–Crippen LogP) is 5.79. The van der Waals surface area contributed by atoms with Crippen molar-refractivity contribution in [2.24, 2.45) is 10.8 Å². The highest BCUT2D eigenvalue weighted by Gasteiger charge is 2.39. The fourth-order valence-electron chi connectivity index (χ4n) is 4.56. The molecule has 0 unspecified atom stereocenters. The Morgan fingerprint density at radius 1 is 0.846 bits per heavy atom. The van der Waals surface area contributed by atoms with E-state index in [9.17, 15) is 9.59 Å². The van der Waals surface area contributed by atoms with Crippen LogP contribution in [0.25, 0.3) is 0 Å². The second-order valence-corrected chi connectivity index (χ2v) is 10.6. The van der Waals surface area contributed by atoms with E-state index in [0.29, 0.717) is 6.42 Å².